The monoisotopic (exact) mass is 458 g/mol. The molecule has 0 aliphatic carbocycles. The zero-order valence-corrected chi connectivity index (χ0v) is 13.7. The molecule has 2 rings (SSSR count). The van der Waals surface area contributed by atoms with E-state index in [4.69, 9.17) is 9.47 Å². The van der Waals surface area contributed by atoms with Crippen molar-refractivity contribution in [3.05, 3.63) is 0 Å². The van der Waals surface area contributed by atoms with E-state index in [-0.39, 0.29) is 0 Å². The van der Waals surface area contributed by atoms with Crippen molar-refractivity contribution in [1.29, 1.82) is 0 Å². The minimum atomic E-state index is -0.838. The lowest BCUT2D eigenvalue weighted by molar-refractivity contribution is 0.0635. The van der Waals surface area contributed by atoms with Gasteiger partial charge in [0.15, 0.2) is 0 Å². The highest BCUT2D eigenvalue weighted by Crippen LogP contribution is 2.69. The van der Waals surface area contributed by atoms with Crippen LogP contribution in [0.15, 0.2) is 0 Å². The van der Waals surface area contributed by atoms with Gasteiger partial charge in [-0.3, -0.25) is 0 Å². The minimum Gasteiger partial charge on any atom is -0.379 e. The Morgan fingerprint density at radius 3 is 1.40 bits per heavy atom. The van der Waals surface area contributed by atoms with Crippen LogP contribution in [-0.2, 0) is 9.47 Å². The number of nitrogens with zero attached hydrogens (tertiary/aromatic N) is 2. The lowest BCUT2D eigenvalue weighted by Gasteiger charge is -2.49. The van der Waals surface area contributed by atoms with Crippen LogP contribution in [-0.4, -0.2) is 61.2 Å². The maximum atomic E-state index is 5.40. The quantitative estimate of drug-likeness (QED) is 0.592. The van der Waals surface area contributed by atoms with E-state index >= 15 is 0 Å². The van der Waals surface area contributed by atoms with Crippen molar-refractivity contribution >= 4 is 47.2 Å². The van der Waals surface area contributed by atoms with E-state index < -0.39 is 4.74 Å². The molecule has 2 aliphatic heterocycles. The van der Waals surface area contributed by atoms with Crippen molar-refractivity contribution < 1.29 is 9.47 Å². The van der Waals surface area contributed by atoms with Crippen LogP contribution in [0, 0.1) is 0 Å². The average molecular weight is 458 g/mol. The van der Waals surface area contributed by atoms with Gasteiger partial charge in [-0.15, -0.1) is 0 Å². The highest BCUT2D eigenvalue weighted by atomic mass is 127. The van der Waals surface area contributed by atoms with Gasteiger partial charge in [0.05, 0.1) is 26.4 Å². The molecule has 0 aromatic heterocycles. The molecule has 0 amide bonds. The van der Waals surface area contributed by atoms with Crippen molar-refractivity contribution in [2.24, 2.45) is 0 Å². The molecule has 2 heterocycles. The fourth-order valence-corrected chi connectivity index (χ4v) is 7.93. The second-order valence-electron chi connectivity index (χ2n) is 3.50. The summed E-state index contributed by atoms with van der Waals surface area (Å²) in [6.07, 6.45) is 0. The lowest BCUT2D eigenvalue weighted by Crippen LogP contribution is -2.44. The topological polar surface area (TPSA) is 24.9 Å². The highest BCUT2D eigenvalue weighted by Gasteiger charge is 2.34. The van der Waals surface area contributed by atoms with Crippen molar-refractivity contribution in [1.82, 2.24) is 8.61 Å². The molecule has 4 nitrogen and oxygen atoms in total. The van der Waals surface area contributed by atoms with Gasteiger partial charge in [0.1, 0.15) is 0 Å². The molecular formula is C8H16I2N2O2S. The third-order valence-corrected chi connectivity index (χ3v) is 11.2. The van der Waals surface area contributed by atoms with Gasteiger partial charge in [-0.1, -0.05) is 0 Å². The fraction of sp³-hybridized carbons (Fsp3) is 1.00. The Bertz CT molecular complexity index is 189. The Kier molecular flexibility index (Phi) is 5.24. The van der Waals surface area contributed by atoms with Gasteiger partial charge in [-0.2, -0.15) is 0 Å². The molecule has 0 bridgehead atoms. The molecule has 0 spiro atoms. The first-order valence-electron chi connectivity index (χ1n) is 5.09. The maximum absolute atomic E-state index is 5.40. The average Bonchev–Trinajstić information content (AvgIpc) is 2.31. The molecular weight excluding hydrogens is 442 g/mol. The summed E-state index contributed by atoms with van der Waals surface area (Å²) in [6, 6.07) is 0. The van der Waals surface area contributed by atoms with Crippen LogP contribution in [0.3, 0.4) is 0 Å². The van der Waals surface area contributed by atoms with Crippen LogP contribution >= 0.6 is 47.2 Å². The zero-order valence-electron chi connectivity index (χ0n) is 8.53. The molecule has 0 aromatic carbocycles. The fourth-order valence-electron chi connectivity index (χ4n) is 1.70. The highest BCUT2D eigenvalue weighted by molar-refractivity contribution is 14.3. The number of hydrogen-bond acceptors (Lipinski definition) is 4. The third-order valence-electron chi connectivity index (χ3n) is 2.56. The van der Waals surface area contributed by atoms with E-state index in [9.17, 15) is 0 Å². The smallest absolute Gasteiger partial charge is 0.0603 e. The molecule has 0 radical (unpaired) electrons. The molecule has 0 aromatic rings. The number of halogens is 2. The molecule has 90 valence electrons. The summed E-state index contributed by atoms with van der Waals surface area (Å²) >= 11 is 5.25. The second kappa shape index (κ2) is 6.01. The van der Waals surface area contributed by atoms with E-state index in [1.165, 1.54) is 0 Å². The predicted octanol–water partition coefficient (Wildman–Crippen LogP) is 1.99. The molecule has 7 heteroatoms. The van der Waals surface area contributed by atoms with E-state index in [2.05, 4.69) is 51.0 Å². The summed E-state index contributed by atoms with van der Waals surface area (Å²) in [7, 11) is 0. The summed E-state index contributed by atoms with van der Waals surface area (Å²) in [5.41, 5.74) is 0. The van der Waals surface area contributed by atoms with Crippen molar-refractivity contribution in [2.45, 2.75) is 0 Å². The third kappa shape index (κ3) is 3.32. The first-order chi connectivity index (χ1) is 7.21. The van der Waals surface area contributed by atoms with Crippen molar-refractivity contribution in [3.63, 3.8) is 0 Å². The summed E-state index contributed by atoms with van der Waals surface area (Å²) in [6.45, 7) is 7.79. The standard InChI is InChI=1S/C8H16I2N2O2S/c9-15(10,11-1-5-13-6-2-11)12-3-7-14-8-4-12/h1-8H2. The Labute approximate surface area is 117 Å². The van der Waals surface area contributed by atoms with E-state index in [1.807, 2.05) is 0 Å². The van der Waals surface area contributed by atoms with Gasteiger partial charge in [0.2, 0.25) is 0 Å². The molecule has 2 saturated heterocycles. The minimum absolute atomic E-state index is 0.838. The van der Waals surface area contributed by atoms with Gasteiger partial charge in [0, 0.05) is 68.6 Å². The van der Waals surface area contributed by atoms with Gasteiger partial charge >= 0.3 is 0 Å². The van der Waals surface area contributed by atoms with Gasteiger partial charge in [0.25, 0.3) is 0 Å². The molecule has 2 aliphatic rings. The summed E-state index contributed by atoms with van der Waals surface area (Å²) in [5, 5.41) is 0. The summed E-state index contributed by atoms with van der Waals surface area (Å²) in [5.74, 6) is 0. The Hall–Kier alpha value is 1.65. The lowest BCUT2D eigenvalue weighted by atomic mass is 10.5. The maximum Gasteiger partial charge on any atom is 0.0603 e. The zero-order chi connectivity index (χ0) is 10.7. The molecule has 2 fully saturated rings. The van der Waals surface area contributed by atoms with Crippen LogP contribution in [0.2, 0.25) is 0 Å². The van der Waals surface area contributed by atoms with Crippen LogP contribution in [0.25, 0.3) is 0 Å². The molecule has 0 saturated carbocycles. The number of hydrogen-bond donors (Lipinski definition) is 0. The first kappa shape index (κ1) is 13.1. The second-order valence-corrected chi connectivity index (χ2v) is 17.8. The number of rotatable bonds is 2. The molecule has 0 N–H and O–H groups in total. The number of ether oxygens (including phenoxy) is 2. The molecule has 0 unspecified atom stereocenters. The van der Waals surface area contributed by atoms with E-state index in [0.29, 0.717) is 0 Å². The van der Waals surface area contributed by atoms with Crippen LogP contribution < -0.4 is 0 Å². The van der Waals surface area contributed by atoms with Crippen LogP contribution in [0.5, 0.6) is 0 Å². The van der Waals surface area contributed by atoms with Crippen LogP contribution in [0.1, 0.15) is 0 Å². The normalized spacial score (nSPS) is 27.9. The number of morpholine rings is 2. The van der Waals surface area contributed by atoms with Gasteiger partial charge in [-0.05, 0) is 4.74 Å². The SMILES string of the molecule is IS(I)(N1CCOCC1)N1CCOCC1. The largest absolute Gasteiger partial charge is 0.379 e. The van der Waals surface area contributed by atoms with Crippen molar-refractivity contribution in [3.8, 4) is 0 Å². The predicted molar refractivity (Wildman–Crippen MR) is 80.4 cm³/mol. The Morgan fingerprint density at radius 2 is 1.07 bits per heavy atom. The van der Waals surface area contributed by atoms with Gasteiger partial charge in [-0.25, -0.2) is 8.61 Å². The molecule has 15 heavy (non-hydrogen) atoms. The first-order valence-corrected chi connectivity index (χ1v) is 11.7. The Morgan fingerprint density at radius 1 is 0.733 bits per heavy atom. The van der Waals surface area contributed by atoms with Gasteiger partial charge < -0.3 is 9.47 Å². The molecule has 0 atom stereocenters. The summed E-state index contributed by atoms with van der Waals surface area (Å²) < 4.78 is 15.1. The van der Waals surface area contributed by atoms with E-state index in [0.717, 1.165) is 52.6 Å². The van der Waals surface area contributed by atoms with Crippen molar-refractivity contribution in [2.75, 3.05) is 52.6 Å². The Balaban J connectivity index is 1.96. The summed E-state index contributed by atoms with van der Waals surface area (Å²) in [4.78, 5) is 0. The van der Waals surface area contributed by atoms with Crippen LogP contribution in [0.4, 0.5) is 0 Å². The van der Waals surface area contributed by atoms with E-state index in [1.54, 1.807) is 0 Å².